The molecule has 0 unspecified atom stereocenters. The molecular formula is C31H41ClN4O4. The van der Waals surface area contributed by atoms with Crippen LogP contribution in [0.5, 0.6) is 5.75 Å². The van der Waals surface area contributed by atoms with Crippen molar-refractivity contribution < 1.29 is 19.1 Å². The van der Waals surface area contributed by atoms with Crippen LogP contribution in [0.1, 0.15) is 68.5 Å². The van der Waals surface area contributed by atoms with Crippen LogP contribution < -0.4 is 15.4 Å². The zero-order valence-corrected chi connectivity index (χ0v) is 24.1. The number of carbonyl (C=O) groups is 3. The van der Waals surface area contributed by atoms with E-state index in [1.807, 2.05) is 42.5 Å². The van der Waals surface area contributed by atoms with Gasteiger partial charge in [0.15, 0.2) is 0 Å². The molecule has 2 aromatic carbocycles. The second-order valence-electron chi connectivity index (χ2n) is 11.2. The number of rotatable bonds is 9. The average molecular weight is 569 g/mol. The number of likely N-dealkylation sites (tertiary alicyclic amines) is 1. The van der Waals surface area contributed by atoms with Gasteiger partial charge in [0, 0.05) is 25.6 Å². The van der Waals surface area contributed by atoms with E-state index in [0.717, 1.165) is 68.6 Å². The summed E-state index contributed by atoms with van der Waals surface area (Å²) < 4.78 is 5.20. The fraction of sp³-hybridized carbons (Fsp3) is 0.516. The van der Waals surface area contributed by atoms with Crippen LogP contribution in [0.15, 0.2) is 54.6 Å². The quantitative estimate of drug-likeness (QED) is 0.423. The van der Waals surface area contributed by atoms with E-state index in [-0.39, 0.29) is 48.8 Å². The van der Waals surface area contributed by atoms with Crippen molar-refractivity contribution in [2.75, 3.05) is 26.7 Å². The Balaban J connectivity index is 0.00000370. The summed E-state index contributed by atoms with van der Waals surface area (Å²) in [4.78, 5) is 42.9. The molecule has 1 aliphatic carbocycles. The maximum Gasteiger partial charge on any atom is 0.325 e. The topological polar surface area (TPSA) is 91.0 Å². The van der Waals surface area contributed by atoms with Gasteiger partial charge in [-0.15, -0.1) is 12.4 Å². The van der Waals surface area contributed by atoms with E-state index in [9.17, 15) is 14.4 Å². The Morgan fingerprint density at radius 1 is 1.02 bits per heavy atom. The number of imide groups is 1. The minimum atomic E-state index is -0.825. The lowest BCUT2D eigenvalue weighted by atomic mass is 9.87. The van der Waals surface area contributed by atoms with E-state index in [1.54, 1.807) is 7.11 Å². The van der Waals surface area contributed by atoms with Crippen LogP contribution in [0.4, 0.5) is 4.79 Å². The molecule has 216 valence electrons. The lowest BCUT2D eigenvalue weighted by molar-refractivity contribution is -0.133. The molecule has 1 saturated carbocycles. The number of carbonyl (C=O) groups excluding carboxylic acids is 3. The van der Waals surface area contributed by atoms with Crippen molar-refractivity contribution in [2.45, 2.75) is 69.5 Å². The maximum atomic E-state index is 13.4. The SMILES string of the molecule is COc1ccc(CN2C(=O)NC3(CCN(CC[C@H](NC(=O)C4CCCCC4)c4ccccc4)CC3)C2=O)cc1.Cl. The van der Waals surface area contributed by atoms with Crippen molar-refractivity contribution in [1.29, 1.82) is 0 Å². The lowest BCUT2D eigenvalue weighted by Gasteiger charge is -2.38. The summed E-state index contributed by atoms with van der Waals surface area (Å²) >= 11 is 0. The minimum Gasteiger partial charge on any atom is -0.497 e. The molecule has 1 atom stereocenters. The fourth-order valence-electron chi connectivity index (χ4n) is 6.20. The second-order valence-corrected chi connectivity index (χ2v) is 11.2. The predicted octanol–water partition coefficient (Wildman–Crippen LogP) is 4.83. The van der Waals surface area contributed by atoms with E-state index >= 15 is 0 Å². The zero-order valence-electron chi connectivity index (χ0n) is 23.3. The highest BCUT2D eigenvalue weighted by Gasteiger charge is 2.52. The molecule has 40 heavy (non-hydrogen) atoms. The molecule has 2 N–H and O–H groups in total. The van der Waals surface area contributed by atoms with Crippen molar-refractivity contribution in [2.24, 2.45) is 5.92 Å². The first kappa shape index (κ1) is 29.9. The molecule has 3 aliphatic rings. The van der Waals surface area contributed by atoms with Crippen molar-refractivity contribution in [3.63, 3.8) is 0 Å². The number of nitrogens with zero attached hydrogens (tertiary/aromatic N) is 2. The normalized spacial score (nSPS) is 20.1. The van der Waals surface area contributed by atoms with Crippen LogP contribution in [-0.4, -0.2) is 59.9 Å². The average Bonchev–Trinajstić information content (AvgIpc) is 3.21. The Bertz CT molecular complexity index is 1150. The summed E-state index contributed by atoms with van der Waals surface area (Å²) in [6, 6.07) is 17.3. The third-order valence-corrected chi connectivity index (χ3v) is 8.68. The summed E-state index contributed by atoms with van der Waals surface area (Å²) in [6.07, 6.45) is 7.44. The third kappa shape index (κ3) is 6.78. The molecule has 3 fully saturated rings. The highest BCUT2D eigenvalue weighted by molar-refractivity contribution is 6.07. The Morgan fingerprint density at radius 2 is 1.70 bits per heavy atom. The van der Waals surface area contributed by atoms with Crippen LogP contribution in [0.25, 0.3) is 0 Å². The maximum absolute atomic E-state index is 13.4. The van der Waals surface area contributed by atoms with Gasteiger partial charge in [0.1, 0.15) is 11.3 Å². The van der Waals surface area contributed by atoms with Gasteiger partial charge < -0.3 is 20.3 Å². The molecule has 0 aromatic heterocycles. The van der Waals surface area contributed by atoms with E-state index in [4.69, 9.17) is 4.74 Å². The molecule has 4 amide bonds. The number of hydrogen-bond acceptors (Lipinski definition) is 5. The van der Waals surface area contributed by atoms with Gasteiger partial charge >= 0.3 is 6.03 Å². The Hall–Kier alpha value is -3.10. The molecule has 9 heteroatoms. The molecule has 5 rings (SSSR count). The van der Waals surface area contributed by atoms with Gasteiger partial charge in [-0.1, -0.05) is 61.7 Å². The number of halogens is 1. The van der Waals surface area contributed by atoms with E-state index in [0.29, 0.717) is 12.8 Å². The van der Waals surface area contributed by atoms with Gasteiger partial charge in [0.05, 0.1) is 19.7 Å². The monoisotopic (exact) mass is 568 g/mol. The summed E-state index contributed by atoms with van der Waals surface area (Å²) in [7, 11) is 1.61. The first-order valence-electron chi connectivity index (χ1n) is 14.3. The van der Waals surface area contributed by atoms with Crippen LogP contribution >= 0.6 is 12.4 Å². The summed E-state index contributed by atoms with van der Waals surface area (Å²) in [5.74, 6) is 0.905. The van der Waals surface area contributed by atoms with Gasteiger partial charge in [-0.25, -0.2) is 4.79 Å². The number of nitrogens with one attached hydrogen (secondary N) is 2. The first-order valence-corrected chi connectivity index (χ1v) is 14.3. The zero-order chi connectivity index (χ0) is 27.2. The van der Waals surface area contributed by atoms with E-state index in [2.05, 4.69) is 27.7 Å². The number of methoxy groups -OCH3 is 1. The second kappa shape index (κ2) is 13.5. The van der Waals surface area contributed by atoms with Gasteiger partial charge in [-0.2, -0.15) is 0 Å². The van der Waals surface area contributed by atoms with Crippen LogP contribution in [-0.2, 0) is 16.1 Å². The van der Waals surface area contributed by atoms with E-state index < -0.39 is 5.54 Å². The number of urea groups is 1. The molecule has 2 heterocycles. The first-order chi connectivity index (χ1) is 19.0. The smallest absolute Gasteiger partial charge is 0.325 e. The lowest BCUT2D eigenvalue weighted by Crippen LogP contribution is -2.55. The Labute approximate surface area is 243 Å². The Kier molecular flexibility index (Phi) is 10.1. The largest absolute Gasteiger partial charge is 0.497 e. The van der Waals surface area contributed by atoms with Crippen molar-refractivity contribution >= 4 is 30.3 Å². The predicted molar refractivity (Wildman–Crippen MR) is 156 cm³/mol. The molecule has 2 saturated heterocycles. The summed E-state index contributed by atoms with van der Waals surface area (Å²) in [5.41, 5.74) is 1.19. The molecule has 1 spiro atoms. The van der Waals surface area contributed by atoms with Crippen molar-refractivity contribution in [1.82, 2.24) is 20.4 Å². The van der Waals surface area contributed by atoms with Crippen LogP contribution in [0.2, 0.25) is 0 Å². The van der Waals surface area contributed by atoms with Crippen LogP contribution in [0, 0.1) is 5.92 Å². The third-order valence-electron chi connectivity index (χ3n) is 8.68. The molecule has 0 radical (unpaired) electrons. The highest BCUT2D eigenvalue weighted by Crippen LogP contribution is 2.31. The molecule has 0 bridgehead atoms. The van der Waals surface area contributed by atoms with Gasteiger partial charge in [-0.05, 0) is 55.4 Å². The molecule has 2 aliphatic heterocycles. The number of amides is 4. The Morgan fingerprint density at radius 3 is 2.35 bits per heavy atom. The van der Waals surface area contributed by atoms with Gasteiger partial charge in [0.2, 0.25) is 5.91 Å². The summed E-state index contributed by atoms with van der Waals surface area (Å²) in [5, 5.41) is 6.36. The van der Waals surface area contributed by atoms with Gasteiger partial charge in [0.25, 0.3) is 5.91 Å². The number of ether oxygens (including phenoxy) is 1. The van der Waals surface area contributed by atoms with E-state index in [1.165, 1.54) is 11.3 Å². The number of benzene rings is 2. The number of hydrogen-bond donors (Lipinski definition) is 2. The van der Waals surface area contributed by atoms with Gasteiger partial charge in [-0.3, -0.25) is 14.5 Å². The van der Waals surface area contributed by atoms with Crippen molar-refractivity contribution in [3.05, 3.63) is 65.7 Å². The highest BCUT2D eigenvalue weighted by atomic mass is 35.5. The summed E-state index contributed by atoms with van der Waals surface area (Å²) in [6.45, 7) is 2.51. The number of piperidine rings is 1. The fourth-order valence-corrected chi connectivity index (χ4v) is 6.20. The molecular weight excluding hydrogens is 528 g/mol. The van der Waals surface area contributed by atoms with Crippen molar-refractivity contribution in [3.8, 4) is 5.75 Å². The van der Waals surface area contributed by atoms with Crippen LogP contribution in [0.3, 0.4) is 0 Å². The molecule has 8 nitrogen and oxygen atoms in total. The molecule has 2 aromatic rings. The minimum absolute atomic E-state index is 0. The standard InChI is InChI=1S/C31H40N4O4.ClH/c1-39-26-14-12-23(13-15-26)22-35-29(37)31(33-30(35)38)17-20-34(21-18-31)19-16-27(24-8-4-2-5-9-24)32-28(36)25-10-6-3-7-11-25;/h2,4-5,8-9,12-15,25,27H,3,6-7,10-11,16-22H2,1H3,(H,32,36)(H,33,38);1H/t27-;/m0./s1.